The Labute approximate surface area is 121 Å². The van der Waals surface area contributed by atoms with Crippen molar-refractivity contribution in [2.75, 3.05) is 16.8 Å². The monoisotopic (exact) mass is 313 g/mol. The van der Waals surface area contributed by atoms with Crippen LogP contribution in [0.3, 0.4) is 0 Å². The Morgan fingerprint density at radius 1 is 1.33 bits per heavy atom. The van der Waals surface area contributed by atoms with Crippen molar-refractivity contribution in [1.82, 2.24) is 0 Å². The minimum Gasteiger partial charge on any atom is -0.506 e. The van der Waals surface area contributed by atoms with Crippen LogP contribution in [0.25, 0.3) is 0 Å². The largest absolute Gasteiger partial charge is 0.506 e. The molecule has 1 aromatic carbocycles. The fourth-order valence-corrected chi connectivity index (χ4v) is 4.13. The van der Waals surface area contributed by atoms with Crippen LogP contribution in [0.15, 0.2) is 18.2 Å². The van der Waals surface area contributed by atoms with Crippen molar-refractivity contribution in [3.05, 3.63) is 23.8 Å². The van der Waals surface area contributed by atoms with Crippen molar-refractivity contribution >= 4 is 27.4 Å². The summed E-state index contributed by atoms with van der Waals surface area (Å²) in [6.45, 7) is 0. The molecule has 0 aliphatic carbocycles. The van der Waals surface area contributed by atoms with E-state index < -0.39 is 21.7 Å². The van der Waals surface area contributed by atoms with Crippen molar-refractivity contribution in [1.29, 1.82) is 0 Å². The molecular formula is C13H15NO6S. The molecule has 1 saturated heterocycles. The molecule has 1 heterocycles. The number of carbonyl (C=O) groups excluding carboxylic acids is 1. The van der Waals surface area contributed by atoms with Gasteiger partial charge in [0.1, 0.15) is 5.75 Å². The van der Waals surface area contributed by atoms with Crippen LogP contribution in [0.5, 0.6) is 5.75 Å². The Kier molecular flexibility index (Phi) is 4.17. The second-order valence-corrected chi connectivity index (χ2v) is 7.29. The molecule has 8 heteroatoms. The zero-order valence-corrected chi connectivity index (χ0v) is 11.9. The number of phenols is 1. The number of phenolic OH excluding ortho intramolecular Hbond substituents is 1. The van der Waals surface area contributed by atoms with E-state index in [0.29, 0.717) is 6.42 Å². The van der Waals surface area contributed by atoms with E-state index in [2.05, 4.69) is 5.32 Å². The van der Waals surface area contributed by atoms with Crippen LogP contribution in [-0.2, 0) is 14.6 Å². The number of amides is 1. The molecule has 1 aliphatic rings. The van der Waals surface area contributed by atoms with Gasteiger partial charge in [0.05, 0.1) is 22.8 Å². The average Bonchev–Trinajstić information content (AvgIpc) is 2.71. The third kappa shape index (κ3) is 3.94. The first-order chi connectivity index (χ1) is 9.77. The molecule has 0 bridgehead atoms. The van der Waals surface area contributed by atoms with Gasteiger partial charge in [-0.05, 0) is 30.5 Å². The number of aromatic hydroxyl groups is 1. The van der Waals surface area contributed by atoms with Gasteiger partial charge in [-0.3, -0.25) is 4.79 Å². The van der Waals surface area contributed by atoms with Gasteiger partial charge in [-0.25, -0.2) is 13.2 Å². The molecule has 0 saturated carbocycles. The van der Waals surface area contributed by atoms with E-state index in [-0.39, 0.29) is 40.8 Å². The predicted octanol–water partition coefficient (Wildman–Crippen LogP) is 0.854. The number of hydrogen-bond donors (Lipinski definition) is 3. The summed E-state index contributed by atoms with van der Waals surface area (Å²) in [5.41, 5.74) is -0.0627. The number of hydrogen-bond acceptors (Lipinski definition) is 5. The van der Waals surface area contributed by atoms with Gasteiger partial charge in [0.15, 0.2) is 9.84 Å². The molecule has 1 fully saturated rings. The molecule has 0 radical (unpaired) electrons. The lowest BCUT2D eigenvalue weighted by molar-refractivity contribution is -0.116. The summed E-state index contributed by atoms with van der Waals surface area (Å²) in [4.78, 5) is 22.7. The average molecular weight is 313 g/mol. The first-order valence-corrected chi connectivity index (χ1v) is 8.15. The predicted molar refractivity (Wildman–Crippen MR) is 75.1 cm³/mol. The summed E-state index contributed by atoms with van der Waals surface area (Å²) in [5.74, 6) is -2.03. The Morgan fingerprint density at radius 2 is 2.05 bits per heavy atom. The van der Waals surface area contributed by atoms with Crippen molar-refractivity contribution in [3.63, 3.8) is 0 Å². The van der Waals surface area contributed by atoms with Crippen LogP contribution < -0.4 is 5.32 Å². The van der Waals surface area contributed by atoms with E-state index in [1.165, 1.54) is 12.1 Å². The number of benzene rings is 1. The number of anilines is 1. The minimum atomic E-state index is -3.05. The van der Waals surface area contributed by atoms with Gasteiger partial charge >= 0.3 is 5.97 Å². The fourth-order valence-electron chi connectivity index (χ4n) is 2.27. The van der Waals surface area contributed by atoms with Gasteiger partial charge in [-0.15, -0.1) is 0 Å². The third-order valence-electron chi connectivity index (χ3n) is 3.32. The molecule has 0 aromatic heterocycles. The molecule has 1 unspecified atom stereocenters. The number of carbonyl (C=O) groups is 2. The lowest BCUT2D eigenvalue weighted by atomic mass is 10.0. The van der Waals surface area contributed by atoms with Crippen LogP contribution in [0.1, 0.15) is 23.2 Å². The van der Waals surface area contributed by atoms with Gasteiger partial charge in [-0.1, -0.05) is 0 Å². The molecule has 0 spiro atoms. The molecule has 1 aromatic rings. The topological polar surface area (TPSA) is 121 Å². The van der Waals surface area contributed by atoms with Crippen molar-refractivity contribution in [2.24, 2.45) is 5.92 Å². The zero-order valence-electron chi connectivity index (χ0n) is 11.1. The van der Waals surface area contributed by atoms with E-state index in [0.717, 1.165) is 6.07 Å². The van der Waals surface area contributed by atoms with Crippen molar-refractivity contribution < 1.29 is 28.2 Å². The Bertz CT molecular complexity index is 682. The highest BCUT2D eigenvalue weighted by atomic mass is 32.2. The molecule has 1 amide bonds. The lowest BCUT2D eigenvalue weighted by Crippen LogP contribution is -2.17. The number of rotatable bonds is 4. The standard InChI is InChI=1S/C13H15NO6S/c15-11-2-1-9(13(17)18)6-10(11)14-12(16)5-8-3-4-21(19,20)7-8/h1-2,6,8,15H,3-5,7H2,(H,14,16)(H,17,18). The quantitative estimate of drug-likeness (QED) is 0.709. The van der Waals surface area contributed by atoms with Crippen LogP contribution >= 0.6 is 0 Å². The van der Waals surface area contributed by atoms with Crippen LogP contribution in [0, 0.1) is 5.92 Å². The lowest BCUT2D eigenvalue weighted by Gasteiger charge is -2.10. The summed E-state index contributed by atoms with van der Waals surface area (Å²) in [6, 6.07) is 3.55. The highest BCUT2D eigenvalue weighted by molar-refractivity contribution is 7.91. The summed E-state index contributed by atoms with van der Waals surface area (Å²) in [6.07, 6.45) is 0.465. The Morgan fingerprint density at radius 3 is 2.62 bits per heavy atom. The molecule has 114 valence electrons. The third-order valence-corrected chi connectivity index (χ3v) is 5.16. The highest BCUT2D eigenvalue weighted by Crippen LogP contribution is 2.26. The molecule has 3 N–H and O–H groups in total. The minimum absolute atomic E-state index is 0.000698. The van der Waals surface area contributed by atoms with Gasteiger partial charge < -0.3 is 15.5 Å². The smallest absolute Gasteiger partial charge is 0.335 e. The normalized spacial score (nSPS) is 20.1. The maximum Gasteiger partial charge on any atom is 0.335 e. The fraction of sp³-hybridized carbons (Fsp3) is 0.385. The second kappa shape index (κ2) is 5.72. The molecule has 7 nitrogen and oxygen atoms in total. The van der Waals surface area contributed by atoms with Gasteiger partial charge in [0.25, 0.3) is 0 Å². The second-order valence-electron chi connectivity index (χ2n) is 5.06. The highest BCUT2D eigenvalue weighted by Gasteiger charge is 2.29. The van der Waals surface area contributed by atoms with Crippen molar-refractivity contribution in [3.8, 4) is 5.75 Å². The number of nitrogens with one attached hydrogen (secondary N) is 1. The summed E-state index contributed by atoms with van der Waals surface area (Å²) in [5, 5.41) is 20.9. The van der Waals surface area contributed by atoms with Gasteiger partial charge in [0.2, 0.25) is 5.91 Å². The van der Waals surface area contributed by atoms with E-state index in [1.54, 1.807) is 0 Å². The number of carboxylic acids is 1. The molecule has 21 heavy (non-hydrogen) atoms. The molecule has 1 atom stereocenters. The van der Waals surface area contributed by atoms with Crippen LogP contribution in [0.2, 0.25) is 0 Å². The van der Waals surface area contributed by atoms with E-state index in [9.17, 15) is 23.1 Å². The van der Waals surface area contributed by atoms with E-state index in [1.807, 2.05) is 0 Å². The Hall–Kier alpha value is -2.09. The number of aromatic carboxylic acids is 1. The summed E-state index contributed by atoms with van der Waals surface area (Å²) < 4.78 is 22.6. The zero-order chi connectivity index (χ0) is 15.6. The number of carboxylic acid groups (broad SMARTS) is 1. The van der Waals surface area contributed by atoms with Crippen LogP contribution in [-0.4, -0.2) is 42.0 Å². The van der Waals surface area contributed by atoms with Crippen molar-refractivity contribution in [2.45, 2.75) is 12.8 Å². The molecular weight excluding hydrogens is 298 g/mol. The summed E-state index contributed by atoms with van der Waals surface area (Å²) in [7, 11) is -3.05. The first kappa shape index (κ1) is 15.3. The van der Waals surface area contributed by atoms with E-state index in [4.69, 9.17) is 5.11 Å². The SMILES string of the molecule is O=C(CC1CCS(=O)(=O)C1)Nc1cc(C(=O)O)ccc1O. The number of sulfone groups is 1. The van der Waals surface area contributed by atoms with E-state index >= 15 is 0 Å². The summed E-state index contributed by atoms with van der Waals surface area (Å²) >= 11 is 0. The van der Waals surface area contributed by atoms with Gasteiger partial charge in [-0.2, -0.15) is 0 Å². The maximum absolute atomic E-state index is 11.8. The van der Waals surface area contributed by atoms with Gasteiger partial charge in [0, 0.05) is 6.42 Å². The maximum atomic E-state index is 11.8. The Balaban J connectivity index is 2.03. The molecule has 1 aliphatic heterocycles. The molecule has 2 rings (SSSR count). The van der Waals surface area contributed by atoms with Crippen LogP contribution in [0.4, 0.5) is 5.69 Å². The first-order valence-electron chi connectivity index (χ1n) is 6.33.